The van der Waals surface area contributed by atoms with Gasteiger partial charge < -0.3 is 19.6 Å². The molecule has 0 unspecified atom stereocenters. The lowest BCUT2D eigenvalue weighted by Gasteiger charge is -2.26. The van der Waals surface area contributed by atoms with Crippen molar-refractivity contribution in [2.24, 2.45) is 11.7 Å². The van der Waals surface area contributed by atoms with Crippen LogP contribution in [0.1, 0.15) is 57.8 Å². The highest BCUT2D eigenvalue weighted by Crippen LogP contribution is 2.42. The first-order chi connectivity index (χ1) is 11.3. The molecule has 0 aromatic carbocycles. The summed E-state index contributed by atoms with van der Waals surface area (Å²) < 4.78 is 17.3. The number of carbonyl (C=O) groups excluding carboxylic acids is 1. The second kappa shape index (κ2) is 8.78. The van der Waals surface area contributed by atoms with Gasteiger partial charge in [0.2, 0.25) is 0 Å². The van der Waals surface area contributed by atoms with Gasteiger partial charge in [-0.3, -0.25) is 4.79 Å². The molecule has 2 saturated carbocycles. The number of carbonyl (C=O) groups is 1. The van der Waals surface area contributed by atoms with Gasteiger partial charge in [-0.25, -0.2) is 0 Å². The number of hydrogen-bond donors (Lipinski definition) is 1. The summed E-state index contributed by atoms with van der Waals surface area (Å²) in [4.78, 5) is 12.0. The van der Waals surface area contributed by atoms with Gasteiger partial charge in [-0.2, -0.15) is 0 Å². The third kappa shape index (κ3) is 7.21. The normalized spacial score (nSPS) is 22.2. The lowest BCUT2D eigenvalue weighted by molar-refractivity contribution is -0.147. The van der Waals surface area contributed by atoms with Crippen LogP contribution in [0.5, 0.6) is 0 Å². The Kier molecular flexibility index (Phi) is 7.28. The summed E-state index contributed by atoms with van der Waals surface area (Å²) in [6.45, 7) is 7.46. The highest BCUT2D eigenvalue weighted by molar-refractivity contribution is 6.69. The number of ether oxygens (including phenoxy) is 2. The van der Waals surface area contributed by atoms with Gasteiger partial charge in [-0.05, 0) is 32.0 Å². The van der Waals surface area contributed by atoms with Crippen molar-refractivity contribution in [1.29, 1.82) is 0 Å². The van der Waals surface area contributed by atoms with Gasteiger partial charge in [-0.1, -0.05) is 32.1 Å². The van der Waals surface area contributed by atoms with E-state index in [1.54, 1.807) is 0 Å². The van der Waals surface area contributed by atoms with Crippen molar-refractivity contribution in [2.75, 3.05) is 13.2 Å². The maximum atomic E-state index is 12.0. The fraction of sp³-hybridized carbons (Fsp3) is 0.944. The minimum Gasteiger partial charge on any atom is -0.464 e. The Bertz CT molecular complexity index is 400. The van der Waals surface area contributed by atoms with Crippen LogP contribution >= 0.6 is 0 Å². The zero-order chi connectivity index (χ0) is 17.6. The molecule has 0 spiro atoms. The lowest BCUT2D eigenvalue weighted by Crippen LogP contribution is -2.36. The van der Waals surface area contributed by atoms with Crippen LogP contribution < -0.4 is 5.73 Å². The number of esters is 1. The molecule has 0 aliphatic heterocycles. The van der Waals surface area contributed by atoms with Crippen molar-refractivity contribution in [3.05, 3.63) is 0 Å². The van der Waals surface area contributed by atoms with Gasteiger partial charge in [0.1, 0.15) is 6.04 Å². The average molecular weight is 358 g/mol. The summed E-state index contributed by atoms with van der Waals surface area (Å²) in [6.07, 6.45) is 9.67. The van der Waals surface area contributed by atoms with Crippen molar-refractivity contribution in [3.8, 4) is 0 Å². The van der Waals surface area contributed by atoms with Crippen LogP contribution in [0.25, 0.3) is 0 Å². The van der Waals surface area contributed by atoms with Crippen LogP contribution in [0.4, 0.5) is 0 Å². The quantitative estimate of drug-likeness (QED) is 0.280. The summed E-state index contributed by atoms with van der Waals surface area (Å²) >= 11 is 0. The molecule has 0 aromatic heterocycles. The maximum Gasteiger partial charge on any atom is 0.322 e. The van der Waals surface area contributed by atoms with E-state index in [0.29, 0.717) is 25.6 Å². The summed E-state index contributed by atoms with van der Waals surface area (Å²) in [7, 11) is -1.58. The molecule has 24 heavy (non-hydrogen) atoms. The molecule has 140 valence electrons. The van der Waals surface area contributed by atoms with Crippen LogP contribution in [0.2, 0.25) is 19.6 Å². The van der Waals surface area contributed by atoms with Crippen LogP contribution in [0.3, 0.4) is 0 Å². The van der Waals surface area contributed by atoms with E-state index >= 15 is 0 Å². The van der Waals surface area contributed by atoms with E-state index in [4.69, 9.17) is 19.6 Å². The van der Waals surface area contributed by atoms with Crippen LogP contribution in [0, 0.1) is 5.92 Å². The molecule has 1 atom stereocenters. The molecule has 2 N–H and O–H groups in total. The predicted octanol–water partition coefficient (Wildman–Crippen LogP) is 3.58. The van der Waals surface area contributed by atoms with E-state index in [0.717, 1.165) is 19.3 Å². The van der Waals surface area contributed by atoms with Crippen LogP contribution in [-0.4, -0.2) is 39.3 Å². The van der Waals surface area contributed by atoms with Crippen LogP contribution in [-0.2, 0) is 18.7 Å². The van der Waals surface area contributed by atoms with E-state index in [1.807, 2.05) is 0 Å². The smallest absolute Gasteiger partial charge is 0.322 e. The standard InChI is InChI=1S/C18H35NO4Si/c1-24(2,3)23-18(10-11-18)22-13-7-12-21-17(20)16(19)14-15-8-5-4-6-9-15/h15-16H,4-14,19H2,1-3H3/t16-/m0/s1. The van der Waals surface area contributed by atoms with Gasteiger partial charge in [0.25, 0.3) is 0 Å². The van der Waals surface area contributed by atoms with E-state index in [-0.39, 0.29) is 11.8 Å². The molecule has 6 heteroatoms. The summed E-state index contributed by atoms with van der Waals surface area (Å²) in [5.41, 5.74) is 5.99. The SMILES string of the molecule is C[Si](C)(C)OC1(OCCCOC(=O)[C@@H](N)CC2CCCCC2)CC1. The second-order valence-electron chi connectivity index (χ2n) is 8.34. The van der Waals surface area contributed by atoms with Crippen molar-refractivity contribution in [2.45, 2.75) is 89.3 Å². The predicted molar refractivity (Wildman–Crippen MR) is 97.1 cm³/mol. The third-order valence-electron chi connectivity index (χ3n) is 4.66. The fourth-order valence-corrected chi connectivity index (χ4v) is 4.79. The Morgan fingerprint density at radius 3 is 2.42 bits per heavy atom. The Hall–Kier alpha value is -0.433. The average Bonchev–Trinajstić information content (AvgIpc) is 3.25. The molecule has 2 fully saturated rings. The Balaban J connectivity index is 1.54. The van der Waals surface area contributed by atoms with Crippen molar-refractivity contribution in [1.82, 2.24) is 0 Å². The molecule has 2 aliphatic rings. The molecular formula is C18H35NO4Si. The van der Waals surface area contributed by atoms with E-state index in [1.165, 1.54) is 32.1 Å². The summed E-state index contributed by atoms with van der Waals surface area (Å²) in [5, 5.41) is 0. The highest BCUT2D eigenvalue weighted by atomic mass is 28.4. The third-order valence-corrected chi connectivity index (χ3v) is 5.65. The minimum atomic E-state index is -1.58. The largest absolute Gasteiger partial charge is 0.464 e. The monoisotopic (exact) mass is 357 g/mol. The maximum absolute atomic E-state index is 12.0. The first kappa shape index (κ1) is 19.9. The fourth-order valence-electron chi connectivity index (χ4n) is 3.41. The molecule has 0 aromatic rings. The Labute approximate surface area is 147 Å². The number of hydrogen-bond acceptors (Lipinski definition) is 5. The zero-order valence-corrected chi connectivity index (χ0v) is 16.6. The molecular weight excluding hydrogens is 322 g/mol. The van der Waals surface area contributed by atoms with E-state index < -0.39 is 14.4 Å². The zero-order valence-electron chi connectivity index (χ0n) is 15.6. The van der Waals surface area contributed by atoms with Gasteiger partial charge in [0, 0.05) is 19.3 Å². The first-order valence-electron chi connectivity index (χ1n) is 9.56. The molecule has 0 heterocycles. The molecule has 0 radical (unpaired) electrons. The molecule has 2 aliphatic carbocycles. The summed E-state index contributed by atoms with van der Waals surface area (Å²) in [6, 6.07) is -0.473. The molecule has 2 rings (SSSR count). The Morgan fingerprint density at radius 1 is 1.17 bits per heavy atom. The van der Waals surface area contributed by atoms with Crippen molar-refractivity contribution >= 4 is 14.3 Å². The van der Waals surface area contributed by atoms with Gasteiger partial charge in [-0.15, -0.1) is 0 Å². The summed E-state index contributed by atoms with van der Waals surface area (Å²) in [5.74, 6) is -0.00980. The van der Waals surface area contributed by atoms with E-state index in [9.17, 15) is 4.79 Å². The minimum absolute atomic E-state index is 0.264. The second-order valence-corrected chi connectivity index (χ2v) is 12.8. The van der Waals surface area contributed by atoms with E-state index in [2.05, 4.69) is 19.6 Å². The topological polar surface area (TPSA) is 70.8 Å². The first-order valence-corrected chi connectivity index (χ1v) is 13.0. The molecule has 0 amide bonds. The number of nitrogens with two attached hydrogens (primary N) is 1. The Morgan fingerprint density at radius 2 is 1.83 bits per heavy atom. The van der Waals surface area contributed by atoms with Crippen LogP contribution in [0.15, 0.2) is 0 Å². The van der Waals surface area contributed by atoms with Gasteiger partial charge >= 0.3 is 5.97 Å². The van der Waals surface area contributed by atoms with Crippen molar-refractivity contribution in [3.63, 3.8) is 0 Å². The lowest BCUT2D eigenvalue weighted by atomic mass is 9.85. The highest BCUT2D eigenvalue weighted by Gasteiger charge is 2.48. The van der Waals surface area contributed by atoms with Gasteiger partial charge in [0.05, 0.1) is 13.2 Å². The molecule has 0 saturated heterocycles. The molecule has 5 nitrogen and oxygen atoms in total. The number of rotatable bonds is 10. The van der Waals surface area contributed by atoms with Crippen molar-refractivity contribution < 1.29 is 18.7 Å². The molecule has 0 bridgehead atoms. The van der Waals surface area contributed by atoms with Gasteiger partial charge in [0.15, 0.2) is 14.1 Å².